The number of benzene rings is 2. The Morgan fingerprint density at radius 3 is 2.45 bits per heavy atom. The molecular weight excluding hydrogens is 392 g/mol. The maximum Gasteiger partial charge on any atom is 0.191 e. The Kier molecular flexibility index (Phi) is 8.99. The van der Waals surface area contributed by atoms with Gasteiger partial charge < -0.3 is 24.8 Å². The monoisotopic (exact) mass is 426 g/mol. The number of morpholine rings is 1. The summed E-state index contributed by atoms with van der Waals surface area (Å²) in [5, 5.41) is 6.73. The summed E-state index contributed by atoms with van der Waals surface area (Å²) >= 11 is 0. The summed E-state index contributed by atoms with van der Waals surface area (Å²) in [5.41, 5.74) is 3.36. The molecule has 0 radical (unpaired) electrons. The van der Waals surface area contributed by atoms with Crippen molar-refractivity contribution in [3.8, 4) is 11.5 Å². The van der Waals surface area contributed by atoms with E-state index in [0.29, 0.717) is 19.7 Å². The summed E-state index contributed by atoms with van der Waals surface area (Å²) in [6.45, 7) is 8.44. The smallest absolute Gasteiger partial charge is 0.191 e. The number of nitrogens with one attached hydrogen (secondary N) is 2. The molecule has 0 amide bonds. The van der Waals surface area contributed by atoms with E-state index in [1.807, 2.05) is 24.3 Å². The average molecular weight is 427 g/mol. The molecule has 2 aromatic rings. The van der Waals surface area contributed by atoms with Crippen LogP contribution in [0.5, 0.6) is 11.5 Å². The zero-order chi connectivity index (χ0) is 21.9. The zero-order valence-corrected chi connectivity index (χ0v) is 18.8. The van der Waals surface area contributed by atoms with Gasteiger partial charge in [0.05, 0.1) is 20.3 Å². The Labute approximate surface area is 185 Å². The van der Waals surface area contributed by atoms with Crippen molar-refractivity contribution in [2.75, 3.05) is 53.6 Å². The van der Waals surface area contributed by atoms with Crippen LogP contribution in [-0.2, 0) is 17.8 Å². The first-order chi connectivity index (χ1) is 15.2. The number of nitrogens with zero attached hydrogens (tertiary/aromatic N) is 2. The van der Waals surface area contributed by atoms with E-state index in [0.717, 1.165) is 61.4 Å². The van der Waals surface area contributed by atoms with Crippen LogP contribution in [0.25, 0.3) is 0 Å². The Bertz CT molecular complexity index is 850. The highest BCUT2D eigenvalue weighted by Gasteiger charge is 2.11. The molecule has 0 spiro atoms. The van der Waals surface area contributed by atoms with Crippen LogP contribution in [0.3, 0.4) is 0 Å². The van der Waals surface area contributed by atoms with Crippen molar-refractivity contribution < 1.29 is 14.2 Å². The highest BCUT2D eigenvalue weighted by atomic mass is 16.5. The van der Waals surface area contributed by atoms with E-state index < -0.39 is 0 Å². The predicted molar refractivity (Wildman–Crippen MR) is 124 cm³/mol. The quantitative estimate of drug-likeness (QED) is 0.475. The van der Waals surface area contributed by atoms with Gasteiger partial charge in [0.2, 0.25) is 0 Å². The molecule has 1 fully saturated rings. The van der Waals surface area contributed by atoms with E-state index >= 15 is 0 Å². The first-order valence-corrected chi connectivity index (χ1v) is 10.8. The van der Waals surface area contributed by atoms with Gasteiger partial charge in [0, 0.05) is 50.9 Å². The number of methoxy groups -OCH3 is 1. The molecule has 0 aromatic heterocycles. The van der Waals surface area contributed by atoms with Crippen molar-refractivity contribution in [3.63, 3.8) is 0 Å². The number of guanidine groups is 1. The van der Waals surface area contributed by atoms with Crippen molar-refractivity contribution >= 4 is 5.96 Å². The molecule has 0 aliphatic carbocycles. The molecule has 1 saturated heterocycles. The van der Waals surface area contributed by atoms with Crippen molar-refractivity contribution in [1.82, 2.24) is 15.5 Å². The minimum Gasteiger partial charge on any atom is -0.496 e. The summed E-state index contributed by atoms with van der Waals surface area (Å²) in [4.78, 5) is 6.71. The summed E-state index contributed by atoms with van der Waals surface area (Å²) in [6.07, 6.45) is 0. The number of hydrogen-bond acceptors (Lipinski definition) is 5. The van der Waals surface area contributed by atoms with E-state index in [-0.39, 0.29) is 0 Å². The number of para-hydroxylation sites is 1. The molecule has 2 aromatic carbocycles. The highest BCUT2D eigenvalue weighted by Crippen LogP contribution is 2.20. The second-order valence-electron chi connectivity index (χ2n) is 7.50. The predicted octanol–water partition coefficient (Wildman–Crippen LogP) is 2.58. The van der Waals surface area contributed by atoms with Crippen LogP contribution in [-0.4, -0.2) is 64.5 Å². The molecule has 1 aliphatic heterocycles. The molecule has 2 N–H and O–H groups in total. The van der Waals surface area contributed by atoms with Crippen LogP contribution >= 0.6 is 0 Å². The number of hydrogen-bond donors (Lipinski definition) is 2. The van der Waals surface area contributed by atoms with Crippen molar-refractivity contribution in [2.24, 2.45) is 4.99 Å². The van der Waals surface area contributed by atoms with Crippen LogP contribution in [0.1, 0.15) is 16.7 Å². The Hall–Kier alpha value is -2.77. The first kappa shape index (κ1) is 22.9. The topological polar surface area (TPSA) is 67.4 Å². The summed E-state index contributed by atoms with van der Waals surface area (Å²) in [5.74, 6) is 2.51. The molecule has 0 bridgehead atoms. The van der Waals surface area contributed by atoms with Crippen molar-refractivity contribution in [2.45, 2.75) is 20.0 Å². The van der Waals surface area contributed by atoms with Crippen LogP contribution < -0.4 is 20.1 Å². The van der Waals surface area contributed by atoms with Crippen LogP contribution in [0.15, 0.2) is 47.5 Å². The summed E-state index contributed by atoms with van der Waals surface area (Å²) < 4.78 is 17.0. The van der Waals surface area contributed by atoms with Crippen LogP contribution in [0.4, 0.5) is 0 Å². The number of ether oxygens (including phenoxy) is 3. The van der Waals surface area contributed by atoms with Gasteiger partial charge >= 0.3 is 0 Å². The third kappa shape index (κ3) is 7.15. The van der Waals surface area contributed by atoms with Gasteiger partial charge in [0.25, 0.3) is 0 Å². The van der Waals surface area contributed by atoms with E-state index in [9.17, 15) is 0 Å². The lowest BCUT2D eigenvalue weighted by Gasteiger charge is -2.26. The van der Waals surface area contributed by atoms with Gasteiger partial charge in [0.15, 0.2) is 5.96 Å². The molecule has 31 heavy (non-hydrogen) atoms. The number of rotatable bonds is 9. The Morgan fingerprint density at radius 2 is 1.74 bits per heavy atom. The maximum absolute atomic E-state index is 6.08. The normalized spacial score (nSPS) is 14.9. The van der Waals surface area contributed by atoms with Gasteiger partial charge in [-0.05, 0) is 24.6 Å². The molecule has 0 unspecified atom stereocenters. The fourth-order valence-electron chi connectivity index (χ4n) is 3.48. The summed E-state index contributed by atoms with van der Waals surface area (Å²) in [7, 11) is 3.47. The van der Waals surface area contributed by atoms with Gasteiger partial charge in [-0.1, -0.05) is 30.3 Å². The molecule has 7 nitrogen and oxygen atoms in total. The lowest BCUT2D eigenvalue weighted by Crippen LogP contribution is -2.38. The highest BCUT2D eigenvalue weighted by molar-refractivity contribution is 5.79. The second-order valence-corrected chi connectivity index (χ2v) is 7.50. The van der Waals surface area contributed by atoms with E-state index in [4.69, 9.17) is 14.2 Å². The maximum atomic E-state index is 6.08. The molecule has 7 heteroatoms. The van der Waals surface area contributed by atoms with Gasteiger partial charge in [-0.3, -0.25) is 9.89 Å². The largest absolute Gasteiger partial charge is 0.496 e. The fourth-order valence-corrected chi connectivity index (χ4v) is 3.48. The molecular formula is C24H34N4O3. The zero-order valence-electron chi connectivity index (χ0n) is 18.8. The standard InChI is InChI=1S/C24H34N4O3/c1-19-8-9-21(23(16-19)29-3)18-27-24(25-2)26-17-20-6-4-5-7-22(20)31-15-12-28-10-13-30-14-11-28/h4-9,16H,10-15,17-18H2,1-3H3,(H2,25,26,27). The van der Waals surface area contributed by atoms with Crippen molar-refractivity contribution in [3.05, 3.63) is 59.2 Å². The third-order valence-electron chi connectivity index (χ3n) is 5.30. The summed E-state index contributed by atoms with van der Waals surface area (Å²) in [6, 6.07) is 14.3. The lowest BCUT2D eigenvalue weighted by molar-refractivity contribution is 0.0322. The average Bonchev–Trinajstić information content (AvgIpc) is 2.81. The second kappa shape index (κ2) is 12.2. The lowest BCUT2D eigenvalue weighted by atomic mass is 10.1. The minimum atomic E-state index is 0.623. The molecule has 1 heterocycles. The molecule has 0 saturated carbocycles. The molecule has 0 atom stereocenters. The molecule has 1 aliphatic rings. The third-order valence-corrected chi connectivity index (χ3v) is 5.30. The Balaban J connectivity index is 1.50. The van der Waals surface area contributed by atoms with Gasteiger partial charge in [0.1, 0.15) is 18.1 Å². The number of aryl methyl sites for hydroxylation is 1. The van der Waals surface area contributed by atoms with E-state index in [1.165, 1.54) is 5.56 Å². The van der Waals surface area contributed by atoms with E-state index in [1.54, 1.807) is 14.2 Å². The minimum absolute atomic E-state index is 0.623. The molecule has 168 valence electrons. The van der Waals surface area contributed by atoms with Crippen LogP contribution in [0.2, 0.25) is 0 Å². The van der Waals surface area contributed by atoms with Crippen LogP contribution in [0, 0.1) is 6.92 Å². The molecule has 3 rings (SSSR count). The van der Waals surface area contributed by atoms with Gasteiger partial charge in [-0.25, -0.2) is 0 Å². The fraction of sp³-hybridized carbons (Fsp3) is 0.458. The SMILES string of the molecule is CN=C(NCc1ccc(C)cc1OC)NCc1ccccc1OCCN1CCOCC1. The Morgan fingerprint density at radius 1 is 1.03 bits per heavy atom. The van der Waals surface area contributed by atoms with Gasteiger partial charge in [-0.15, -0.1) is 0 Å². The number of aliphatic imine (C=N–C) groups is 1. The van der Waals surface area contributed by atoms with Crippen molar-refractivity contribution in [1.29, 1.82) is 0 Å². The van der Waals surface area contributed by atoms with Gasteiger partial charge in [-0.2, -0.15) is 0 Å². The van der Waals surface area contributed by atoms with E-state index in [2.05, 4.69) is 45.6 Å². The first-order valence-electron chi connectivity index (χ1n) is 10.8.